The number of nitrogens with one attached hydrogen (secondary N) is 2. The van der Waals surface area contributed by atoms with Gasteiger partial charge in [0.15, 0.2) is 0 Å². The van der Waals surface area contributed by atoms with Gasteiger partial charge < -0.3 is 20.3 Å². The van der Waals surface area contributed by atoms with Crippen molar-refractivity contribution in [3.63, 3.8) is 0 Å². The Morgan fingerprint density at radius 2 is 1.86 bits per heavy atom. The summed E-state index contributed by atoms with van der Waals surface area (Å²) in [5.74, 6) is 1.48. The number of ether oxygens (including phenoxy) is 1. The van der Waals surface area contributed by atoms with Gasteiger partial charge in [-0.15, -0.1) is 0 Å². The fourth-order valence-electron chi connectivity index (χ4n) is 3.51. The van der Waals surface area contributed by atoms with E-state index in [1.165, 1.54) is 18.5 Å². The van der Waals surface area contributed by atoms with Gasteiger partial charge >= 0.3 is 0 Å². The first kappa shape index (κ1) is 20.1. The van der Waals surface area contributed by atoms with Crippen molar-refractivity contribution in [2.45, 2.75) is 33.1 Å². The zero-order chi connectivity index (χ0) is 19.9. The van der Waals surface area contributed by atoms with E-state index in [2.05, 4.69) is 46.7 Å². The van der Waals surface area contributed by atoms with Crippen LogP contribution in [0.2, 0.25) is 0 Å². The van der Waals surface area contributed by atoms with Crippen molar-refractivity contribution in [1.29, 1.82) is 0 Å². The first-order valence-corrected chi connectivity index (χ1v) is 10.1. The SMILES string of the molecule is COc1ccc(C)cc1NC(=O)CCNc1ccc(N2CCC(C)CC2)cc1. The minimum Gasteiger partial charge on any atom is -0.495 e. The molecule has 2 aromatic rings. The molecule has 1 aliphatic rings. The quantitative estimate of drug-likeness (QED) is 0.731. The molecule has 28 heavy (non-hydrogen) atoms. The predicted molar refractivity (Wildman–Crippen MR) is 117 cm³/mol. The number of hydrogen-bond donors (Lipinski definition) is 2. The first-order chi connectivity index (χ1) is 13.5. The molecule has 1 saturated heterocycles. The second-order valence-corrected chi connectivity index (χ2v) is 7.65. The maximum atomic E-state index is 12.3. The predicted octanol–water partition coefficient (Wildman–Crippen LogP) is 4.68. The van der Waals surface area contributed by atoms with Crippen molar-refractivity contribution in [3.8, 4) is 5.75 Å². The Morgan fingerprint density at radius 1 is 1.14 bits per heavy atom. The Kier molecular flexibility index (Phi) is 6.80. The Hall–Kier alpha value is -2.69. The smallest absolute Gasteiger partial charge is 0.226 e. The number of aryl methyl sites for hydroxylation is 1. The number of carbonyl (C=O) groups is 1. The number of nitrogens with zero attached hydrogens (tertiary/aromatic N) is 1. The van der Waals surface area contributed by atoms with E-state index in [9.17, 15) is 4.79 Å². The molecule has 1 heterocycles. The second-order valence-electron chi connectivity index (χ2n) is 7.65. The minimum atomic E-state index is -0.0320. The number of methoxy groups -OCH3 is 1. The molecule has 0 saturated carbocycles. The average Bonchev–Trinajstić information content (AvgIpc) is 2.69. The van der Waals surface area contributed by atoms with Crippen LogP contribution in [0.3, 0.4) is 0 Å². The third-order valence-corrected chi connectivity index (χ3v) is 5.33. The topological polar surface area (TPSA) is 53.6 Å². The summed E-state index contributed by atoms with van der Waals surface area (Å²) in [5.41, 5.74) is 4.11. The van der Waals surface area contributed by atoms with Gasteiger partial charge in [-0.3, -0.25) is 4.79 Å². The van der Waals surface area contributed by atoms with Gasteiger partial charge in [-0.25, -0.2) is 0 Å². The van der Waals surface area contributed by atoms with Gasteiger partial charge in [0, 0.05) is 37.4 Å². The summed E-state index contributed by atoms with van der Waals surface area (Å²) in [7, 11) is 1.61. The van der Waals surface area contributed by atoms with Crippen LogP contribution in [0.5, 0.6) is 5.75 Å². The fraction of sp³-hybridized carbons (Fsp3) is 0.435. The molecule has 0 atom stereocenters. The van der Waals surface area contributed by atoms with Crippen molar-refractivity contribution in [1.82, 2.24) is 0 Å². The monoisotopic (exact) mass is 381 g/mol. The number of piperidine rings is 1. The second kappa shape index (κ2) is 9.49. The first-order valence-electron chi connectivity index (χ1n) is 10.1. The van der Waals surface area contributed by atoms with E-state index < -0.39 is 0 Å². The molecule has 0 aromatic heterocycles. The molecular weight excluding hydrogens is 350 g/mol. The van der Waals surface area contributed by atoms with Crippen LogP contribution in [0, 0.1) is 12.8 Å². The van der Waals surface area contributed by atoms with Gasteiger partial charge in [0.25, 0.3) is 0 Å². The summed E-state index contributed by atoms with van der Waals surface area (Å²) in [4.78, 5) is 14.7. The summed E-state index contributed by atoms with van der Waals surface area (Å²) >= 11 is 0. The highest BCUT2D eigenvalue weighted by atomic mass is 16.5. The molecule has 150 valence electrons. The molecule has 2 aromatic carbocycles. The molecule has 0 radical (unpaired) electrons. The van der Waals surface area contributed by atoms with Crippen LogP contribution in [0.25, 0.3) is 0 Å². The van der Waals surface area contributed by atoms with Gasteiger partial charge in [0.1, 0.15) is 5.75 Å². The van der Waals surface area contributed by atoms with Gasteiger partial charge in [-0.05, 0) is 67.6 Å². The van der Waals surface area contributed by atoms with E-state index in [-0.39, 0.29) is 5.91 Å². The molecule has 5 nitrogen and oxygen atoms in total. The van der Waals surface area contributed by atoms with E-state index in [1.54, 1.807) is 7.11 Å². The number of hydrogen-bond acceptors (Lipinski definition) is 4. The van der Waals surface area contributed by atoms with Crippen LogP contribution in [0.4, 0.5) is 17.1 Å². The summed E-state index contributed by atoms with van der Waals surface area (Å²) in [6.45, 7) is 7.17. The largest absolute Gasteiger partial charge is 0.495 e. The van der Waals surface area contributed by atoms with Gasteiger partial charge in [-0.1, -0.05) is 13.0 Å². The highest BCUT2D eigenvalue weighted by Gasteiger charge is 2.15. The third kappa shape index (κ3) is 5.41. The van der Waals surface area contributed by atoms with Crippen LogP contribution < -0.4 is 20.3 Å². The van der Waals surface area contributed by atoms with Crippen molar-refractivity contribution < 1.29 is 9.53 Å². The molecule has 2 N–H and O–H groups in total. The highest BCUT2D eigenvalue weighted by molar-refractivity contribution is 5.92. The molecule has 1 aliphatic heterocycles. The van der Waals surface area contributed by atoms with Crippen LogP contribution >= 0.6 is 0 Å². The van der Waals surface area contributed by atoms with E-state index in [4.69, 9.17) is 4.74 Å². The lowest BCUT2D eigenvalue weighted by Crippen LogP contribution is -2.32. The summed E-state index contributed by atoms with van der Waals surface area (Å²) in [6.07, 6.45) is 2.92. The Morgan fingerprint density at radius 3 is 2.54 bits per heavy atom. The van der Waals surface area contributed by atoms with Crippen LogP contribution in [-0.4, -0.2) is 32.7 Å². The molecule has 3 rings (SSSR count). The van der Waals surface area contributed by atoms with Crippen molar-refractivity contribution >= 4 is 23.0 Å². The molecule has 0 bridgehead atoms. The maximum absolute atomic E-state index is 12.3. The number of amides is 1. The third-order valence-electron chi connectivity index (χ3n) is 5.33. The molecule has 1 amide bonds. The summed E-state index contributed by atoms with van der Waals surface area (Å²) in [6, 6.07) is 14.3. The van der Waals surface area contributed by atoms with Crippen molar-refractivity contribution in [2.75, 3.05) is 42.3 Å². The van der Waals surface area contributed by atoms with E-state index in [1.807, 2.05) is 25.1 Å². The standard InChI is InChI=1S/C23H31N3O2/c1-17-11-14-26(15-12-17)20-7-5-19(6-8-20)24-13-10-23(27)25-21-16-18(2)4-9-22(21)28-3/h4-9,16-17,24H,10-15H2,1-3H3,(H,25,27). The van der Waals surface area contributed by atoms with E-state index in [0.717, 1.165) is 30.3 Å². The van der Waals surface area contributed by atoms with E-state index >= 15 is 0 Å². The minimum absolute atomic E-state index is 0.0320. The normalized spacial score (nSPS) is 14.6. The highest BCUT2D eigenvalue weighted by Crippen LogP contribution is 2.26. The lowest BCUT2D eigenvalue weighted by atomic mass is 9.99. The lowest BCUT2D eigenvalue weighted by Gasteiger charge is -2.32. The van der Waals surface area contributed by atoms with Crippen LogP contribution in [-0.2, 0) is 4.79 Å². The lowest BCUT2D eigenvalue weighted by molar-refractivity contribution is -0.116. The number of benzene rings is 2. The Balaban J connectivity index is 1.46. The fourth-order valence-corrected chi connectivity index (χ4v) is 3.51. The van der Waals surface area contributed by atoms with E-state index in [0.29, 0.717) is 24.4 Å². The number of anilines is 3. The molecule has 1 fully saturated rings. The summed E-state index contributed by atoms with van der Waals surface area (Å²) < 4.78 is 5.31. The number of carbonyl (C=O) groups excluding carboxylic acids is 1. The van der Waals surface area contributed by atoms with Gasteiger partial charge in [0.05, 0.1) is 12.8 Å². The Bertz CT molecular complexity index is 781. The van der Waals surface area contributed by atoms with Crippen LogP contribution in [0.1, 0.15) is 31.7 Å². The number of rotatable bonds is 7. The summed E-state index contributed by atoms with van der Waals surface area (Å²) in [5, 5.41) is 6.26. The molecular formula is C23H31N3O2. The molecule has 0 aliphatic carbocycles. The zero-order valence-electron chi connectivity index (χ0n) is 17.1. The average molecular weight is 382 g/mol. The van der Waals surface area contributed by atoms with Crippen molar-refractivity contribution in [3.05, 3.63) is 48.0 Å². The molecule has 5 heteroatoms. The molecule has 0 spiro atoms. The van der Waals surface area contributed by atoms with Crippen LogP contribution in [0.15, 0.2) is 42.5 Å². The van der Waals surface area contributed by atoms with Gasteiger partial charge in [0.2, 0.25) is 5.91 Å². The molecule has 0 unspecified atom stereocenters. The van der Waals surface area contributed by atoms with Crippen molar-refractivity contribution in [2.24, 2.45) is 5.92 Å². The zero-order valence-corrected chi connectivity index (χ0v) is 17.1. The van der Waals surface area contributed by atoms with Gasteiger partial charge in [-0.2, -0.15) is 0 Å². The Labute approximate surface area is 168 Å². The maximum Gasteiger partial charge on any atom is 0.226 e.